The van der Waals surface area contributed by atoms with E-state index in [1.54, 1.807) is 6.92 Å². The van der Waals surface area contributed by atoms with Gasteiger partial charge in [-0.2, -0.15) is 0 Å². The topological polar surface area (TPSA) is 52.3 Å². The Bertz CT molecular complexity index is 274. The van der Waals surface area contributed by atoms with Gasteiger partial charge in [0.25, 0.3) is 0 Å². The Labute approximate surface area is 157 Å². The Hall–Kier alpha value is -0.570. The van der Waals surface area contributed by atoms with Gasteiger partial charge in [-0.25, -0.2) is 0 Å². The van der Waals surface area contributed by atoms with Gasteiger partial charge in [0, 0.05) is 0 Å². The maximum absolute atomic E-state index is 11.8. The van der Waals surface area contributed by atoms with Crippen molar-refractivity contribution < 1.29 is 9.53 Å². The molecule has 0 saturated carbocycles. The largest absolute Gasteiger partial charge is 0.461 e. The lowest BCUT2D eigenvalue weighted by Crippen LogP contribution is -2.32. The summed E-state index contributed by atoms with van der Waals surface area (Å²) >= 11 is 0. The number of ether oxygens (including phenoxy) is 1. The van der Waals surface area contributed by atoms with Crippen LogP contribution in [0.2, 0.25) is 0 Å². The minimum atomic E-state index is -0.509. The fourth-order valence-electron chi connectivity index (χ4n) is 3.19. The van der Waals surface area contributed by atoms with Crippen molar-refractivity contribution in [1.82, 2.24) is 0 Å². The average Bonchev–Trinajstić information content (AvgIpc) is 2.59. The molecule has 0 aromatic rings. The molecule has 0 aliphatic carbocycles. The number of carbonyl (C=O) groups is 1. The van der Waals surface area contributed by atoms with Gasteiger partial charge >= 0.3 is 5.97 Å². The Balaban J connectivity index is 3.88. The molecule has 0 heterocycles. The molecule has 0 aliphatic rings. The zero-order valence-corrected chi connectivity index (χ0v) is 17.4. The Morgan fingerprint density at radius 1 is 0.720 bits per heavy atom. The van der Waals surface area contributed by atoms with Crippen molar-refractivity contribution in [3.63, 3.8) is 0 Å². The van der Waals surface area contributed by atoms with E-state index in [-0.39, 0.29) is 12.1 Å². The number of hydrogen-bond donors (Lipinski definition) is 1. The summed E-state index contributed by atoms with van der Waals surface area (Å²) in [6, 6.07) is -0.509. The van der Waals surface area contributed by atoms with Crippen molar-refractivity contribution in [2.45, 2.75) is 136 Å². The zero-order valence-electron chi connectivity index (χ0n) is 17.4. The standard InChI is InChI=1S/C22H45NO2/c1-4-6-8-10-12-14-16-18-21(25-22(24)20(3)23)19-17-15-13-11-9-7-5-2/h20-21H,4-19,23H2,1-3H3. The number of nitrogens with two attached hydrogens (primary N) is 1. The monoisotopic (exact) mass is 355 g/mol. The minimum Gasteiger partial charge on any atom is -0.461 e. The molecule has 1 atom stereocenters. The number of hydrogen-bond acceptors (Lipinski definition) is 3. The Morgan fingerprint density at radius 2 is 1.08 bits per heavy atom. The van der Waals surface area contributed by atoms with Crippen LogP contribution in [0.1, 0.15) is 124 Å². The summed E-state index contributed by atoms with van der Waals surface area (Å²) in [5.74, 6) is -0.240. The van der Waals surface area contributed by atoms with Crippen LogP contribution in [0, 0.1) is 0 Å². The number of esters is 1. The van der Waals surface area contributed by atoms with Gasteiger partial charge in [0.1, 0.15) is 12.1 Å². The summed E-state index contributed by atoms with van der Waals surface area (Å²) < 4.78 is 5.64. The second-order valence-corrected chi connectivity index (χ2v) is 7.67. The molecule has 0 radical (unpaired) electrons. The van der Waals surface area contributed by atoms with Crippen LogP contribution in [-0.2, 0) is 9.53 Å². The molecule has 0 bridgehead atoms. The first-order valence-electron chi connectivity index (χ1n) is 11.1. The third-order valence-corrected chi connectivity index (χ3v) is 4.91. The maximum atomic E-state index is 11.8. The number of rotatable bonds is 18. The molecule has 0 spiro atoms. The van der Waals surface area contributed by atoms with Crippen LogP contribution in [0.25, 0.3) is 0 Å². The van der Waals surface area contributed by atoms with Crippen LogP contribution < -0.4 is 5.73 Å². The van der Waals surface area contributed by atoms with Gasteiger partial charge in [0.15, 0.2) is 0 Å². The molecule has 0 aromatic carbocycles. The Kier molecular flexibility index (Phi) is 17.8. The third kappa shape index (κ3) is 16.6. The normalized spacial score (nSPS) is 12.5. The van der Waals surface area contributed by atoms with E-state index < -0.39 is 6.04 Å². The van der Waals surface area contributed by atoms with Crippen molar-refractivity contribution in [2.24, 2.45) is 5.73 Å². The fourth-order valence-corrected chi connectivity index (χ4v) is 3.19. The molecule has 2 N–H and O–H groups in total. The van der Waals surface area contributed by atoms with Crippen LogP contribution in [0.3, 0.4) is 0 Å². The molecule has 0 fully saturated rings. The molecule has 0 rings (SSSR count). The lowest BCUT2D eigenvalue weighted by Gasteiger charge is -2.19. The first kappa shape index (κ1) is 24.4. The van der Waals surface area contributed by atoms with E-state index in [1.165, 1.54) is 89.9 Å². The van der Waals surface area contributed by atoms with Gasteiger partial charge in [0.05, 0.1) is 0 Å². The van der Waals surface area contributed by atoms with Crippen LogP contribution in [-0.4, -0.2) is 18.1 Å². The van der Waals surface area contributed by atoms with Gasteiger partial charge in [-0.3, -0.25) is 4.79 Å². The van der Waals surface area contributed by atoms with E-state index in [0.717, 1.165) is 12.8 Å². The molecule has 3 heteroatoms. The first-order chi connectivity index (χ1) is 12.1. The first-order valence-corrected chi connectivity index (χ1v) is 11.1. The predicted molar refractivity (Wildman–Crippen MR) is 109 cm³/mol. The highest BCUT2D eigenvalue weighted by molar-refractivity contribution is 5.75. The second-order valence-electron chi connectivity index (χ2n) is 7.67. The summed E-state index contributed by atoms with van der Waals surface area (Å²) in [4.78, 5) is 11.8. The third-order valence-electron chi connectivity index (χ3n) is 4.91. The van der Waals surface area contributed by atoms with Crippen LogP contribution in [0.5, 0.6) is 0 Å². The van der Waals surface area contributed by atoms with Gasteiger partial charge in [-0.05, 0) is 32.6 Å². The quantitative estimate of drug-likeness (QED) is 0.225. The lowest BCUT2D eigenvalue weighted by atomic mass is 10.0. The van der Waals surface area contributed by atoms with E-state index in [9.17, 15) is 4.79 Å². The van der Waals surface area contributed by atoms with Crippen molar-refractivity contribution in [2.75, 3.05) is 0 Å². The summed E-state index contributed by atoms with van der Waals surface area (Å²) in [5, 5.41) is 0. The molecule has 0 aliphatic heterocycles. The maximum Gasteiger partial charge on any atom is 0.322 e. The van der Waals surface area contributed by atoms with Crippen LogP contribution >= 0.6 is 0 Å². The molecular formula is C22H45NO2. The summed E-state index contributed by atoms with van der Waals surface area (Å²) in [5.41, 5.74) is 5.66. The SMILES string of the molecule is CCCCCCCCCC(CCCCCCCCC)OC(=O)C(C)N. The van der Waals surface area contributed by atoms with Gasteiger partial charge in [0.2, 0.25) is 0 Å². The van der Waals surface area contributed by atoms with Crippen molar-refractivity contribution in [1.29, 1.82) is 0 Å². The van der Waals surface area contributed by atoms with Crippen molar-refractivity contribution in [3.8, 4) is 0 Å². The van der Waals surface area contributed by atoms with E-state index in [0.29, 0.717) is 0 Å². The van der Waals surface area contributed by atoms with Gasteiger partial charge < -0.3 is 10.5 Å². The second kappa shape index (κ2) is 18.2. The van der Waals surface area contributed by atoms with E-state index >= 15 is 0 Å². The molecular weight excluding hydrogens is 310 g/mol. The summed E-state index contributed by atoms with van der Waals surface area (Å²) in [7, 11) is 0. The lowest BCUT2D eigenvalue weighted by molar-refractivity contribution is -0.151. The highest BCUT2D eigenvalue weighted by Gasteiger charge is 2.16. The number of unbranched alkanes of at least 4 members (excludes halogenated alkanes) is 12. The Morgan fingerprint density at radius 3 is 1.44 bits per heavy atom. The summed E-state index contributed by atoms with van der Waals surface area (Å²) in [6.07, 6.45) is 20.3. The predicted octanol–water partition coefficient (Wildman–Crippen LogP) is 6.53. The van der Waals surface area contributed by atoms with Crippen molar-refractivity contribution >= 4 is 5.97 Å². The molecule has 0 aromatic heterocycles. The molecule has 1 unspecified atom stereocenters. The highest BCUT2D eigenvalue weighted by atomic mass is 16.5. The molecule has 3 nitrogen and oxygen atoms in total. The fraction of sp³-hybridized carbons (Fsp3) is 0.955. The van der Waals surface area contributed by atoms with Crippen LogP contribution in [0.15, 0.2) is 0 Å². The molecule has 0 saturated heterocycles. The molecule has 0 amide bonds. The molecule has 150 valence electrons. The van der Waals surface area contributed by atoms with Gasteiger partial charge in [-0.1, -0.05) is 90.9 Å². The summed E-state index contributed by atoms with van der Waals surface area (Å²) in [6.45, 7) is 6.21. The molecule has 25 heavy (non-hydrogen) atoms. The smallest absolute Gasteiger partial charge is 0.322 e. The van der Waals surface area contributed by atoms with E-state index in [1.807, 2.05) is 0 Å². The van der Waals surface area contributed by atoms with Gasteiger partial charge in [-0.15, -0.1) is 0 Å². The van der Waals surface area contributed by atoms with E-state index in [4.69, 9.17) is 10.5 Å². The minimum absolute atomic E-state index is 0.0739. The zero-order chi connectivity index (χ0) is 18.8. The van der Waals surface area contributed by atoms with E-state index in [2.05, 4.69) is 13.8 Å². The average molecular weight is 356 g/mol. The van der Waals surface area contributed by atoms with Crippen molar-refractivity contribution in [3.05, 3.63) is 0 Å². The van der Waals surface area contributed by atoms with Crippen LogP contribution in [0.4, 0.5) is 0 Å². The number of carbonyl (C=O) groups excluding carboxylic acids is 1. The highest BCUT2D eigenvalue weighted by Crippen LogP contribution is 2.17.